The first kappa shape index (κ1) is 19.0. The van der Waals surface area contributed by atoms with Crippen molar-refractivity contribution in [3.63, 3.8) is 0 Å². The van der Waals surface area contributed by atoms with Gasteiger partial charge in [0.1, 0.15) is 5.03 Å². The highest BCUT2D eigenvalue weighted by atomic mass is 32.2. The van der Waals surface area contributed by atoms with Crippen LogP contribution in [0.1, 0.15) is 36.2 Å². The van der Waals surface area contributed by atoms with Crippen LogP contribution in [0.4, 0.5) is 0 Å². The Labute approximate surface area is 152 Å². The lowest BCUT2D eigenvalue weighted by Gasteiger charge is -2.14. The van der Waals surface area contributed by atoms with Crippen LogP contribution in [0.25, 0.3) is 0 Å². The summed E-state index contributed by atoms with van der Waals surface area (Å²) in [4.78, 5) is 29.6. The molecule has 0 saturated heterocycles. The summed E-state index contributed by atoms with van der Waals surface area (Å²) in [6.07, 6.45) is 1.60. The Morgan fingerprint density at radius 3 is 2.64 bits per heavy atom. The summed E-state index contributed by atoms with van der Waals surface area (Å²) in [6.45, 7) is 6.10. The van der Waals surface area contributed by atoms with Gasteiger partial charge in [-0.2, -0.15) is 0 Å². The third-order valence-corrected chi connectivity index (χ3v) is 4.46. The summed E-state index contributed by atoms with van der Waals surface area (Å²) in [5.41, 5.74) is 1.51. The average Bonchev–Trinajstić information content (AvgIpc) is 2.61. The smallest absolute Gasteiger partial charge is 0.341 e. The number of amides is 1. The fourth-order valence-electron chi connectivity index (χ4n) is 2.01. The van der Waals surface area contributed by atoms with Gasteiger partial charge in [0.2, 0.25) is 0 Å². The molecule has 6 heteroatoms. The Bertz CT molecular complexity index is 732. The number of aromatic nitrogens is 1. The van der Waals surface area contributed by atoms with Crippen molar-refractivity contribution in [1.29, 1.82) is 0 Å². The van der Waals surface area contributed by atoms with Gasteiger partial charge >= 0.3 is 5.97 Å². The molecule has 0 fully saturated rings. The number of rotatable bonds is 7. The average molecular weight is 358 g/mol. The third-order valence-electron chi connectivity index (χ3n) is 3.43. The number of esters is 1. The molecule has 0 aliphatic carbocycles. The molecule has 2 aromatic rings. The fourth-order valence-corrected chi connectivity index (χ4v) is 2.89. The highest BCUT2D eigenvalue weighted by Gasteiger charge is 2.21. The van der Waals surface area contributed by atoms with Crippen LogP contribution in [-0.2, 0) is 9.53 Å². The number of nitrogens with zero attached hydrogens (tertiary/aromatic N) is 1. The summed E-state index contributed by atoms with van der Waals surface area (Å²) in [5.74, 6) is -0.853. The number of hydrogen-bond donors (Lipinski definition) is 1. The van der Waals surface area contributed by atoms with E-state index >= 15 is 0 Å². The third kappa shape index (κ3) is 5.60. The topological polar surface area (TPSA) is 68.3 Å². The molecule has 1 aromatic carbocycles. The molecule has 132 valence electrons. The second-order valence-electron chi connectivity index (χ2n) is 5.61. The number of nitrogens with one attached hydrogen (secondary N) is 1. The van der Waals surface area contributed by atoms with Crippen LogP contribution in [0.15, 0.2) is 52.5 Å². The van der Waals surface area contributed by atoms with E-state index in [2.05, 4.69) is 10.3 Å². The van der Waals surface area contributed by atoms with Gasteiger partial charge in [-0.25, -0.2) is 9.78 Å². The molecular formula is C19H22N2O3S. The highest BCUT2D eigenvalue weighted by molar-refractivity contribution is 7.99. The van der Waals surface area contributed by atoms with Gasteiger partial charge < -0.3 is 10.1 Å². The first-order valence-electron chi connectivity index (χ1n) is 8.19. The Morgan fingerprint density at radius 1 is 1.24 bits per heavy atom. The van der Waals surface area contributed by atoms with Gasteiger partial charge in [0.15, 0.2) is 6.10 Å². The predicted molar refractivity (Wildman–Crippen MR) is 97.7 cm³/mol. The minimum Gasteiger partial charge on any atom is -0.449 e. The van der Waals surface area contributed by atoms with Gasteiger partial charge in [-0.15, -0.1) is 0 Å². The van der Waals surface area contributed by atoms with Gasteiger partial charge in [0.05, 0.1) is 5.56 Å². The molecule has 1 amide bonds. The normalized spacial score (nSPS) is 11.6. The van der Waals surface area contributed by atoms with E-state index in [1.165, 1.54) is 11.8 Å². The number of pyridine rings is 1. The van der Waals surface area contributed by atoms with Gasteiger partial charge in [0.25, 0.3) is 5.91 Å². The van der Waals surface area contributed by atoms with Gasteiger partial charge in [0, 0.05) is 17.6 Å². The summed E-state index contributed by atoms with van der Waals surface area (Å²) in [6, 6.07) is 11.3. The van der Waals surface area contributed by atoms with Crippen molar-refractivity contribution in [2.45, 2.75) is 43.2 Å². The molecule has 0 spiro atoms. The quantitative estimate of drug-likeness (QED) is 0.766. The van der Waals surface area contributed by atoms with Crippen LogP contribution < -0.4 is 5.32 Å². The molecule has 0 radical (unpaired) electrons. The van der Waals surface area contributed by atoms with E-state index in [1.54, 1.807) is 25.3 Å². The van der Waals surface area contributed by atoms with E-state index in [-0.39, 0.29) is 5.91 Å². The summed E-state index contributed by atoms with van der Waals surface area (Å²) < 4.78 is 5.29. The molecule has 25 heavy (non-hydrogen) atoms. The Hall–Kier alpha value is -2.34. The second kappa shape index (κ2) is 9.22. The lowest BCUT2D eigenvalue weighted by atomic mass is 10.2. The minimum atomic E-state index is -0.850. The van der Waals surface area contributed by atoms with Crippen LogP contribution in [0.2, 0.25) is 0 Å². The summed E-state index contributed by atoms with van der Waals surface area (Å²) in [5, 5.41) is 3.26. The zero-order valence-corrected chi connectivity index (χ0v) is 15.4. The lowest BCUT2D eigenvalue weighted by molar-refractivity contribution is -0.129. The zero-order valence-electron chi connectivity index (χ0n) is 14.6. The van der Waals surface area contributed by atoms with Crippen molar-refractivity contribution >= 4 is 23.6 Å². The minimum absolute atomic E-state index is 0.299. The predicted octanol–water partition coefficient (Wildman–Crippen LogP) is 3.61. The van der Waals surface area contributed by atoms with Gasteiger partial charge in [-0.05, 0) is 44.5 Å². The number of aryl methyl sites for hydroxylation is 1. The number of ether oxygens (including phenoxy) is 1. The Kier molecular flexibility index (Phi) is 7.01. The first-order valence-corrected chi connectivity index (χ1v) is 9.01. The van der Waals surface area contributed by atoms with Crippen molar-refractivity contribution in [3.05, 3.63) is 53.7 Å². The number of carbonyl (C=O) groups is 2. The molecule has 0 unspecified atom stereocenters. The van der Waals surface area contributed by atoms with Crippen LogP contribution in [0.5, 0.6) is 0 Å². The van der Waals surface area contributed by atoms with Gasteiger partial charge in [-0.3, -0.25) is 4.79 Å². The Balaban J connectivity index is 2.09. The number of benzene rings is 1. The molecule has 2 rings (SSSR count). The van der Waals surface area contributed by atoms with E-state index in [9.17, 15) is 9.59 Å². The highest BCUT2D eigenvalue weighted by Crippen LogP contribution is 2.29. The lowest BCUT2D eigenvalue weighted by Crippen LogP contribution is -2.36. The van der Waals surface area contributed by atoms with Crippen LogP contribution >= 0.6 is 11.8 Å². The van der Waals surface area contributed by atoms with E-state index in [0.29, 0.717) is 17.1 Å². The summed E-state index contributed by atoms with van der Waals surface area (Å²) in [7, 11) is 0. The molecule has 5 nitrogen and oxygen atoms in total. The second-order valence-corrected chi connectivity index (χ2v) is 6.67. The molecule has 0 saturated carbocycles. The Morgan fingerprint density at radius 2 is 1.96 bits per heavy atom. The molecule has 1 heterocycles. The van der Waals surface area contributed by atoms with E-state index in [4.69, 9.17) is 4.74 Å². The van der Waals surface area contributed by atoms with Crippen molar-refractivity contribution < 1.29 is 14.3 Å². The molecule has 1 atom stereocenters. The molecular weight excluding hydrogens is 336 g/mol. The van der Waals surface area contributed by atoms with E-state index < -0.39 is 12.1 Å². The van der Waals surface area contributed by atoms with Crippen LogP contribution in [0.3, 0.4) is 0 Å². The molecule has 1 N–H and O–H groups in total. The van der Waals surface area contributed by atoms with Crippen LogP contribution in [0, 0.1) is 6.92 Å². The summed E-state index contributed by atoms with van der Waals surface area (Å²) >= 11 is 1.39. The van der Waals surface area contributed by atoms with Crippen molar-refractivity contribution in [2.75, 3.05) is 6.54 Å². The van der Waals surface area contributed by atoms with Gasteiger partial charge in [-0.1, -0.05) is 36.4 Å². The zero-order chi connectivity index (χ0) is 18.2. The standard InChI is InChI=1S/C19H22N2O3S/c1-4-11-20-17(22)14(3)24-19(23)16-6-5-12-21-18(16)25-15-9-7-13(2)8-10-15/h5-10,12,14H,4,11H2,1-3H3,(H,20,22)/t14-/m0/s1. The van der Waals surface area contributed by atoms with Crippen molar-refractivity contribution in [2.24, 2.45) is 0 Å². The maximum atomic E-state index is 12.4. The first-order chi connectivity index (χ1) is 12.0. The molecule has 0 aliphatic rings. The number of carbonyl (C=O) groups excluding carboxylic acids is 2. The molecule has 0 aliphatic heterocycles. The van der Waals surface area contributed by atoms with Crippen molar-refractivity contribution in [3.8, 4) is 0 Å². The maximum absolute atomic E-state index is 12.4. The largest absolute Gasteiger partial charge is 0.449 e. The van der Waals surface area contributed by atoms with E-state index in [1.807, 2.05) is 38.1 Å². The van der Waals surface area contributed by atoms with E-state index in [0.717, 1.165) is 16.9 Å². The number of hydrogen-bond acceptors (Lipinski definition) is 5. The van der Waals surface area contributed by atoms with Crippen molar-refractivity contribution in [1.82, 2.24) is 10.3 Å². The fraction of sp³-hybridized carbons (Fsp3) is 0.316. The molecule has 1 aromatic heterocycles. The maximum Gasteiger partial charge on any atom is 0.341 e. The molecule has 0 bridgehead atoms. The SMILES string of the molecule is CCCNC(=O)[C@H](C)OC(=O)c1cccnc1Sc1ccc(C)cc1. The monoisotopic (exact) mass is 358 g/mol. The van der Waals surface area contributed by atoms with Crippen LogP contribution in [-0.4, -0.2) is 29.5 Å².